The molecule has 1 atom stereocenters. The molecule has 9 heteroatoms. The molecule has 29 heavy (non-hydrogen) atoms. The van der Waals surface area contributed by atoms with E-state index in [0.29, 0.717) is 46.8 Å². The summed E-state index contributed by atoms with van der Waals surface area (Å²) in [5.41, 5.74) is 0.758. The Morgan fingerprint density at radius 1 is 1.17 bits per heavy atom. The van der Waals surface area contributed by atoms with Crippen molar-refractivity contribution in [1.29, 1.82) is 0 Å². The van der Waals surface area contributed by atoms with Crippen LogP contribution in [0.1, 0.15) is 6.42 Å². The van der Waals surface area contributed by atoms with Gasteiger partial charge in [-0.2, -0.15) is 0 Å². The summed E-state index contributed by atoms with van der Waals surface area (Å²) in [4.78, 5) is 26.2. The van der Waals surface area contributed by atoms with Gasteiger partial charge < -0.3 is 24.4 Å². The fourth-order valence-corrected chi connectivity index (χ4v) is 3.73. The van der Waals surface area contributed by atoms with Crippen LogP contribution in [0.25, 0.3) is 0 Å². The van der Waals surface area contributed by atoms with E-state index >= 15 is 0 Å². The van der Waals surface area contributed by atoms with E-state index in [4.69, 9.17) is 37.4 Å². The Labute approximate surface area is 177 Å². The van der Waals surface area contributed by atoms with Crippen molar-refractivity contribution in [3.63, 3.8) is 0 Å². The van der Waals surface area contributed by atoms with Crippen LogP contribution in [0, 0.1) is 5.92 Å². The molecule has 2 amide bonds. The minimum absolute atomic E-state index is 0.00677. The van der Waals surface area contributed by atoms with Crippen LogP contribution < -0.4 is 24.4 Å². The highest BCUT2D eigenvalue weighted by Gasteiger charge is 2.31. The third-order valence-corrected chi connectivity index (χ3v) is 5.24. The molecule has 0 saturated carbocycles. The van der Waals surface area contributed by atoms with Gasteiger partial charge in [-0.25, -0.2) is 0 Å². The average molecular weight is 437 g/mol. The lowest BCUT2D eigenvalue weighted by molar-refractivity contribution is -0.123. The third-order valence-electron chi connectivity index (χ3n) is 4.71. The van der Waals surface area contributed by atoms with Gasteiger partial charge in [0.25, 0.3) is 5.91 Å². The van der Waals surface area contributed by atoms with Gasteiger partial charge in [0.05, 0.1) is 5.02 Å². The number of benzene rings is 2. The van der Waals surface area contributed by atoms with Crippen LogP contribution in [-0.4, -0.2) is 38.3 Å². The van der Waals surface area contributed by atoms with E-state index in [1.807, 2.05) is 6.07 Å². The Bertz CT molecular complexity index is 952. The van der Waals surface area contributed by atoms with Crippen LogP contribution in [0.4, 0.5) is 5.69 Å². The van der Waals surface area contributed by atoms with E-state index in [1.165, 1.54) is 0 Å². The number of nitrogens with zero attached hydrogens (tertiary/aromatic N) is 1. The largest absolute Gasteiger partial charge is 0.482 e. The number of carbonyl (C=O) groups is 2. The van der Waals surface area contributed by atoms with Crippen molar-refractivity contribution in [2.45, 2.75) is 6.42 Å². The number of halogens is 2. The van der Waals surface area contributed by atoms with E-state index in [-0.39, 0.29) is 31.1 Å². The molecule has 0 radical (unpaired) electrons. The first-order valence-electron chi connectivity index (χ1n) is 9.04. The maximum Gasteiger partial charge on any atom is 0.257 e. The van der Waals surface area contributed by atoms with Gasteiger partial charge in [0.2, 0.25) is 12.7 Å². The van der Waals surface area contributed by atoms with E-state index in [9.17, 15) is 9.59 Å². The number of hydrogen-bond donors (Lipinski definition) is 1. The lowest BCUT2D eigenvalue weighted by Crippen LogP contribution is -2.34. The molecule has 2 heterocycles. The van der Waals surface area contributed by atoms with Crippen molar-refractivity contribution >= 4 is 40.7 Å². The second kappa shape index (κ2) is 8.39. The number of fused-ring (bicyclic) bond motifs is 1. The molecule has 1 fully saturated rings. The number of carbonyl (C=O) groups excluding carboxylic acids is 2. The predicted molar refractivity (Wildman–Crippen MR) is 108 cm³/mol. The van der Waals surface area contributed by atoms with Crippen LogP contribution >= 0.6 is 23.2 Å². The molecule has 152 valence electrons. The molecule has 0 bridgehead atoms. The summed E-state index contributed by atoms with van der Waals surface area (Å²) in [6, 6.07) is 10.2. The molecule has 0 spiro atoms. The normalized spacial score (nSPS) is 17.5. The Balaban J connectivity index is 1.27. The summed E-state index contributed by atoms with van der Waals surface area (Å²) >= 11 is 11.9. The second-order valence-electron chi connectivity index (χ2n) is 6.78. The predicted octanol–water partition coefficient (Wildman–Crippen LogP) is 3.27. The summed E-state index contributed by atoms with van der Waals surface area (Å²) in [5.74, 6) is 1.42. The maximum absolute atomic E-state index is 12.4. The maximum atomic E-state index is 12.4. The molecule has 2 aromatic rings. The van der Waals surface area contributed by atoms with Crippen molar-refractivity contribution < 1.29 is 23.8 Å². The van der Waals surface area contributed by atoms with Gasteiger partial charge in [-0.15, -0.1) is 0 Å². The zero-order chi connectivity index (χ0) is 20.4. The Morgan fingerprint density at radius 2 is 2.00 bits per heavy atom. The van der Waals surface area contributed by atoms with Crippen LogP contribution in [0.3, 0.4) is 0 Å². The molecule has 2 aliphatic heterocycles. The average Bonchev–Trinajstić information content (AvgIpc) is 3.31. The lowest BCUT2D eigenvalue weighted by atomic mass is 10.1. The topological polar surface area (TPSA) is 77.1 Å². The molecule has 0 aromatic heterocycles. The minimum Gasteiger partial charge on any atom is -0.482 e. The van der Waals surface area contributed by atoms with Crippen molar-refractivity contribution in [3.05, 3.63) is 46.4 Å². The van der Waals surface area contributed by atoms with Gasteiger partial charge in [-0.1, -0.05) is 23.2 Å². The van der Waals surface area contributed by atoms with Crippen LogP contribution in [0.5, 0.6) is 17.2 Å². The second-order valence-corrected chi connectivity index (χ2v) is 7.62. The quantitative estimate of drug-likeness (QED) is 0.751. The highest BCUT2D eigenvalue weighted by molar-refractivity contribution is 6.35. The zero-order valence-electron chi connectivity index (χ0n) is 15.3. The highest BCUT2D eigenvalue weighted by Crippen LogP contribution is 2.37. The number of hydrogen-bond acceptors (Lipinski definition) is 5. The molecule has 2 aliphatic rings. The van der Waals surface area contributed by atoms with Gasteiger partial charge in [0, 0.05) is 42.2 Å². The fraction of sp³-hybridized carbons (Fsp3) is 0.300. The van der Waals surface area contributed by atoms with Gasteiger partial charge in [0.1, 0.15) is 5.75 Å². The zero-order valence-corrected chi connectivity index (χ0v) is 16.8. The first-order valence-corrected chi connectivity index (χ1v) is 9.80. The third kappa shape index (κ3) is 4.52. The van der Waals surface area contributed by atoms with Crippen LogP contribution in [-0.2, 0) is 9.59 Å². The monoisotopic (exact) mass is 436 g/mol. The standard InChI is InChI=1S/C20H18Cl2N2O5/c21-13-1-3-16(15(22)6-13)27-10-19(25)23-8-12-5-20(26)24(9-12)14-2-4-17-18(7-14)29-11-28-17/h1-4,6-7,12H,5,8-11H2,(H,23,25). The van der Waals surface area contributed by atoms with Gasteiger partial charge in [0.15, 0.2) is 18.1 Å². The number of ether oxygens (including phenoxy) is 3. The summed E-state index contributed by atoms with van der Waals surface area (Å²) in [7, 11) is 0. The van der Waals surface area contributed by atoms with Crippen molar-refractivity contribution in [2.24, 2.45) is 5.92 Å². The minimum atomic E-state index is -0.287. The molecule has 1 saturated heterocycles. The Morgan fingerprint density at radius 3 is 2.83 bits per heavy atom. The first kappa shape index (κ1) is 19.7. The fourth-order valence-electron chi connectivity index (χ4n) is 3.27. The molecule has 2 aromatic carbocycles. The Kier molecular flexibility index (Phi) is 5.69. The number of amides is 2. The van der Waals surface area contributed by atoms with Crippen molar-refractivity contribution in [3.8, 4) is 17.2 Å². The van der Waals surface area contributed by atoms with E-state index < -0.39 is 0 Å². The number of rotatable bonds is 6. The van der Waals surface area contributed by atoms with Gasteiger partial charge >= 0.3 is 0 Å². The highest BCUT2D eigenvalue weighted by atomic mass is 35.5. The van der Waals surface area contributed by atoms with E-state index in [2.05, 4.69) is 5.32 Å². The summed E-state index contributed by atoms with van der Waals surface area (Å²) in [6.45, 7) is 0.907. The molecule has 0 aliphatic carbocycles. The molecular weight excluding hydrogens is 419 g/mol. The van der Waals surface area contributed by atoms with Crippen molar-refractivity contribution in [2.75, 3.05) is 31.4 Å². The van der Waals surface area contributed by atoms with Gasteiger partial charge in [-0.3, -0.25) is 9.59 Å². The molecule has 1 unspecified atom stereocenters. The first-order chi connectivity index (χ1) is 14.0. The number of nitrogens with one attached hydrogen (secondary N) is 1. The SMILES string of the molecule is O=C(COc1ccc(Cl)cc1Cl)NCC1CC(=O)N(c2ccc3c(c2)OCO3)C1. The van der Waals surface area contributed by atoms with Crippen molar-refractivity contribution in [1.82, 2.24) is 5.32 Å². The van der Waals surface area contributed by atoms with E-state index in [1.54, 1.807) is 35.2 Å². The van der Waals surface area contributed by atoms with Gasteiger partial charge in [-0.05, 0) is 30.3 Å². The number of anilines is 1. The molecule has 4 rings (SSSR count). The van der Waals surface area contributed by atoms with E-state index in [0.717, 1.165) is 5.69 Å². The van der Waals surface area contributed by atoms with Crippen LogP contribution in [0.2, 0.25) is 10.0 Å². The molecular formula is C20H18Cl2N2O5. The molecule has 7 nitrogen and oxygen atoms in total. The smallest absolute Gasteiger partial charge is 0.257 e. The lowest BCUT2D eigenvalue weighted by Gasteiger charge is -2.17. The summed E-state index contributed by atoms with van der Waals surface area (Å²) in [6.07, 6.45) is 0.360. The molecule has 1 N–H and O–H groups in total. The Hall–Kier alpha value is -2.64. The van der Waals surface area contributed by atoms with Crippen LogP contribution in [0.15, 0.2) is 36.4 Å². The summed E-state index contributed by atoms with van der Waals surface area (Å²) < 4.78 is 16.1. The summed E-state index contributed by atoms with van der Waals surface area (Å²) in [5, 5.41) is 3.63.